The van der Waals surface area contributed by atoms with Crippen molar-refractivity contribution >= 4 is 45.0 Å². The highest BCUT2D eigenvalue weighted by Gasteiger charge is 2.21. The molecule has 0 fully saturated rings. The molecule has 0 amide bonds. The summed E-state index contributed by atoms with van der Waals surface area (Å²) in [4.78, 5) is 22.0. The molecule has 0 aliphatic rings. The normalized spacial score (nSPS) is 11.4. The highest BCUT2D eigenvalue weighted by atomic mass is 32.2. The first kappa shape index (κ1) is 23.9. The molecule has 0 atom stereocenters. The molecule has 3 aromatic rings. The number of hydrogen-bond acceptors (Lipinski definition) is 9. The van der Waals surface area contributed by atoms with E-state index in [0.717, 1.165) is 27.4 Å². The van der Waals surface area contributed by atoms with Crippen LogP contribution < -0.4 is 14.2 Å². The predicted molar refractivity (Wildman–Crippen MR) is 129 cm³/mol. The molecule has 170 valence electrons. The number of methoxy groups -OCH3 is 3. The van der Waals surface area contributed by atoms with E-state index in [0.29, 0.717) is 40.7 Å². The van der Waals surface area contributed by atoms with Crippen LogP contribution in [-0.2, 0) is 9.63 Å². The van der Waals surface area contributed by atoms with Gasteiger partial charge in [0.25, 0.3) is 0 Å². The number of aromatic nitrogens is 1. The molecule has 9 heteroatoms. The third-order valence-electron chi connectivity index (χ3n) is 4.61. The smallest absolute Gasteiger partial charge is 0.335 e. The van der Waals surface area contributed by atoms with Gasteiger partial charge in [0.2, 0.25) is 5.75 Å². The van der Waals surface area contributed by atoms with Gasteiger partial charge < -0.3 is 19.0 Å². The number of hydrogen-bond donors (Lipinski definition) is 0. The summed E-state index contributed by atoms with van der Waals surface area (Å²) in [7, 11) is 4.65. The Morgan fingerprint density at radius 2 is 1.84 bits per heavy atom. The molecule has 0 saturated carbocycles. The van der Waals surface area contributed by atoms with E-state index in [1.165, 1.54) is 11.8 Å². The number of oxime groups is 1. The molecule has 7 nitrogen and oxygen atoms in total. The lowest BCUT2D eigenvalue weighted by Crippen LogP contribution is -2.11. The summed E-state index contributed by atoms with van der Waals surface area (Å²) in [5.74, 6) is 1.50. The summed E-state index contributed by atoms with van der Waals surface area (Å²) in [5.41, 5.74) is 2.15. The van der Waals surface area contributed by atoms with Crippen molar-refractivity contribution in [1.29, 1.82) is 0 Å². The molecule has 0 radical (unpaired) electrons. The Morgan fingerprint density at radius 3 is 2.53 bits per heavy atom. The van der Waals surface area contributed by atoms with Crippen LogP contribution in [0.4, 0.5) is 0 Å². The second-order valence-corrected chi connectivity index (χ2v) is 8.98. The number of para-hydroxylation sites is 1. The second-order valence-electron chi connectivity index (χ2n) is 6.72. The first-order valence-electron chi connectivity index (χ1n) is 10.2. The van der Waals surface area contributed by atoms with E-state index in [2.05, 4.69) is 10.1 Å². The number of carbonyl (C=O) groups is 1. The van der Waals surface area contributed by atoms with Crippen molar-refractivity contribution in [3.05, 3.63) is 42.0 Å². The average Bonchev–Trinajstić information content (AvgIpc) is 3.24. The molecule has 0 saturated heterocycles. The highest BCUT2D eigenvalue weighted by Crippen LogP contribution is 2.41. The van der Waals surface area contributed by atoms with Gasteiger partial charge in [0.1, 0.15) is 5.71 Å². The van der Waals surface area contributed by atoms with Gasteiger partial charge >= 0.3 is 5.97 Å². The van der Waals surface area contributed by atoms with Crippen LogP contribution in [-0.4, -0.2) is 43.7 Å². The molecule has 1 heterocycles. The minimum absolute atomic E-state index is 0.321. The maximum atomic E-state index is 12.1. The zero-order chi connectivity index (χ0) is 22.9. The van der Waals surface area contributed by atoms with Crippen molar-refractivity contribution in [1.82, 2.24) is 4.98 Å². The first-order chi connectivity index (χ1) is 15.6. The third kappa shape index (κ3) is 5.72. The number of thiazole rings is 1. The number of unbranched alkanes of at least 4 members (excludes halogenated alkanes) is 1. The lowest BCUT2D eigenvalue weighted by atomic mass is 10.1. The van der Waals surface area contributed by atoms with Crippen LogP contribution in [0.3, 0.4) is 0 Å². The molecule has 32 heavy (non-hydrogen) atoms. The Hall–Kier alpha value is -2.78. The van der Waals surface area contributed by atoms with Crippen molar-refractivity contribution in [3.8, 4) is 17.2 Å². The Bertz CT molecular complexity index is 1060. The van der Waals surface area contributed by atoms with E-state index >= 15 is 0 Å². The van der Waals surface area contributed by atoms with Gasteiger partial charge in [-0.1, -0.05) is 42.4 Å². The highest BCUT2D eigenvalue weighted by molar-refractivity contribution is 8.01. The molecule has 0 bridgehead atoms. The monoisotopic (exact) mass is 474 g/mol. The number of thioether (sulfide) groups is 1. The number of rotatable bonds is 11. The third-order valence-corrected chi connectivity index (χ3v) is 6.80. The molecule has 0 aliphatic heterocycles. The maximum Gasteiger partial charge on any atom is 0.335 e. The predicted octanol–water partition coefficient (Wildman–Crippen LogP) is 5.55. The van der Waals surface area contributed by atoms with Crippen molar-refractivity contribution < 1.29 is 23.8 Å². The van der Waals surface area contributed by atoms with Gasteiger partial charge in [-0.3, -0.25) is 0 Å². The van der Waals surface area contributed by atoms with Gasteiger partial charge in [0.15, 0.2) is 15.8 Å². The molecule has 3 rings (SSSR count). The minimum atomic E-state index is -0.367. The number of fused-ring (bicyclic) bond motifs is 1. The first-order valence-corrected chi connectivity index (χ1v) is 12.0. The van der Waals surface area contributed by atoms with Gasteiger partial charge in [-0.05, 0) is 30.7 Å². The molecule has 2 aromatic carbocycles. The van der Waals surface area contributed by atoms with Crippen LogP contribution in [0.25, 0.3) is 10.2 Å². The molecule has 0 aliphatic carbocycles. The van der Waals surface area contributed by atoms with Crippen molar-refractivity contribution in [2.75, 3.05) is 27.1 Å². The molecule has 1 aromatic heterocycles. The minimum Gasteiger partial charge on any atom is -0.493 e. The van der Waals surface area contributed by atoms with Crippen molar-refractivity contribution in [3.63, 3.8) is 0 Å². The van der Waals surface area contributed by atoms with E-state index in [1.54, 1.807) is 38.7 Å². The summed E-state index contributed by atoms with van der Waals surface area (Å²) in [6.07, 6.45) is 1.98. The number of ether oxygens (including phenoxy) is 3. The number of benzene rings is 2. The Labute approximate surface area is 195 Å². The van der Waals surface area contributed by atoms with E-state index in [9.17, 15) is 4.79 Å². The quantitative estimate of drug-likeness (QED) is 0.156. The Kier molecular flexibility index (Phi) is 8.75. The van der Waals surface area contributed by atoms with Gasteiger partial charge in [0.05, 0.1) is 31.5 Å². The van der Waals surface area contributed by atoms with E-state index < -0.39 is 0 Å². The summed E-state index contributed by atoms with van der Waals surface area (Å²) in [6, 6.07) is 11.6. The molecular weight excluding hydrogens is 448 g/mol. The second kappa shape index (κ2) is 11.7. The summed E-state index contributed by atoms with van der Waals surface area (Å²) >= 11 is 3.13. The van der Waals surface area contributed by atoms with Crippen LogP contribution in [0.5, 0.6) is 17.2 Å². The molecule has 0 N–H and O–H groups in total. The van der Waals surface area contributed by atoms with E-state index in [-0.39, 0.29) is 5.97 Å². The zero-order valence-corrected chi connectivity index (χ0v) is 20.2. The van der Waals surface area contributed by atoms with E-state index in [1.807, 2.05) is 37.3 Å². The Balaban J connectivity index is 1.92. The fourth-order valence-corrected chi connectivity index (χ4v) is 5.01. The van der Waals surface area contributed by atoms with Crippen LogP contribution in [0.1, 0.15) is 31.7 Å². The largest absolute Gasteiger partial charge is 0.493 e. The lowest BCUT2D eigenvalue weighted by molar-refractivity contribution is -0.143. The van der Waals surface area contributed by atoms with Gasteiger partial charge in [-0.25, -0.2) is 9.78 Å². The SMILES string of the molecule is CCCCC(=O)O/N=C(\CSc1nc2ccccc2s1)c1ccc(OC)c(OC)c1OC. The molecular formula is C23H26N2O5S2. The van der Waals surface area contributed by atoms with Gasteiger partial charge in [0, 0.05) is 17.7 Å². The topological polar surface area (TPSA) is 79.2 Å². The van der Waals surface area contributed by atoms with Crippen LogP contribution in [0.2, 0.25) is 0 Å². The van der Waals surface area contributed by atoms with Gasteiger partial charge in [-0.2, -0.15) is 0 Å². The molecule has 0 unspecified atom stereocenters. The zero-order valence-electron chi connectivity index (χ0n) is 18.5. The maximum absolute atomic E-state index is 12.1. The van der Waals surface area contributed by atoms with Crippen LogP contribution in [0.15, 0.2) is 45.9 Å². The number of carbonyl (C=O) groups excluding carboxylic acids is 1. The van der Waals surface area contributed by atoms with Crippen LogP contribution in [0, 0.1) is 0 Å². The fourth-order valence-electron chi connectivity index (χ4n) is 3.00. The standard InChI is InChI=1S/C23H26N2O5S2/c1-5-6-11-20(26)30-25-17(14-31-23-24-16-9-7-8-10-19(16)32-23)15-12-13-18(27-2)22(29-4)21(15)28-3/h7-10,12-13H,5-6,11,14H2,1-4H3/b25-17+. The number of nitrogens with zero attached hydrogens (tertiary/aromatic N) is 2. The summed E-state index contributed by atoms with van der Waals surface area (Å²) in [5, 5.41) is 4.20. The summed E-state index contributed by atoms with van der Waals surface area (Å²) < 4.78 is 18.5. The van der Waals surface area contributed by atoms with Crippen LogP contribution >= 0.6 is 23.1 Å². The Morgan fingerprint density at radius 1 is 1.06 bits per heavy atom. The average molecular weight is 475 g/mol. The lowest BCUT2D eigenvalue weighted by Gasteiger charge is -2.16. The summed E-state index contributed by atoms with van der Waals surface area (Å²) in [6.45, 7) is 2.02. The van der Waals surface area contributed by atoms with Crippen molar-refractivity contribution in [2.24, 2.45) is 5.16 Å². The molecule has 0 spiro atoms. The fraction of sp³-hybridized carbons (Fsp3) is 0.348. The van der Waals surface area contributed by atoms with E-state index in [4.69, 9.17) is 19.0 Å². The van der Waals surface area contributed by atoms with Gasteiger partial charge in [-0.15, -0.1) is 11.3 Å². The van der Waals surface area contributed by atoms with Crippen molar-refractivity contribution in [2.45, 2.75) is 30.5 Å².